The van der Waals surface area contributed by atoms with Crippen molar-refractivity contribution in [2.45, 2.75) is 33.1 Å². The summed E-state index contributed by atoms with van der Waals surface area (Å²) in [5.41, 5.74) is 0. The lowest BCUT2D eigenvalue weighted by atomic mass is 10.4. The Balaban J connectivity index is 2.13. The van der Waals surface area contributed by atoms with Gasteiger partial charge in [-0.05, 0) is 13.8 Å². The summed E-state index contributed by atoms with van der Waals surface area (Å²) in [5.74, 6) is 0.803. The quantitative estimate of drug-likeness (QED) is 0.510. The molecule has 0 unspecified atom stereocenters. The number of aryl methyl sites for hydroxylation is 1. The number of hydrogen-bond acceptors (Lipinski definition) is 5. The molecule has 0 spiro atoms. The van der Waals surface area contributed by atoms with Gasteiger partial charge in [0, 0.05) is 33.2 Å². The Labute approximate surface area is 102 Å². The minimum Gasteiger partial charge on any atom is -0.353 e. The molecule has 0 fully saturated rings. The minimum absolute atomic E-state index is 0.116. The summed E-state index contributed by atoms with van der Waals surface area (Å²) in [6.45, 7) is 6.78. The van der Waals surface area contributed by atoms with E-state index in [4.69, 9.17) is 9.47 Å². The van der Waals surface area contributed by atoms with Crippen LogP contribution < -0.4 is 5.32 Å². The van der Waals surface area contributed by atoms with Crippen LogP contribution in [-0.4, -0.2) is 40.8 Å². The van der Waals surface area contributed by atoms with E-state index in [0.717, 1.165) is 18.8 Å². The van der Waals surface area contributed by atoms with Crippen molar-refractivity contribution in [3.63, 3.8) is 0 Å². The molecule has 0 atom stereocenters. The van der Waals surface area contributed by atoms with Crippen LogP contribution in [-0.2, 0) is 23.1 Å². The molecule has 0 amide bonds. The van der Waals surface area contributed by atoms with E-state index in [1.54, 1.807) is 11.0 Å². The highest BCUT2D eigenvalue weighted by molar-refractivity contribution is 4.79. The topological polar surface area (TPSA) is 61.2 Å². The Kier molecular flexibility index (Phi) is 6.76. The summed E-state index contributed by atoms with van der Waals surface area (Å²) < 4.78 is 12.6. The number of ether oxygens (including phenoxy) is 2. The van der Waals surface area contributed by atoms with Gasteiger partial charge in [-0.1, -0.05) is 0 Å². The van der Waals surface area contributed by atoms with Gasteiger partial charge in [0.1, 0.15) is 6.33 Å². The van der Waals surface area contributed by atoms with Crippen molar-refractivity contribution in [1.82, 2.24) is 20.1 Å². The molecule has 1 aromatic heterocycles. The van der Waals surface area contributed by atoms with E-state index >= 15 is 0 Å². The standard InChI is InChI=1S/C11H22N4O2/c1-4-16-11(17-5-2)6-7-12-8-10-13-9-15(3)14-10/h9,11-12H,4-8H2,1-3H3. The molecular weight excluding hydrogens is 220 g/mol. The van der Waals surface area contributed by atoms with Crippen LogP contribution in [0, 0.1) is 0 Å². The Morgan fingerprint density at radius 1 is 1.35 bits per heavy atom. The van der Waals surface area contributed by atoms with Gasteiger partial charge in [-0.2, -0.15) is 5.10 Å². The van der Waals surface area contributed by atoms with Crippen LogP contribution in [0.25, 0.3) is 0 Å². The van der Waals surface area contributed by atoms with Crippen LogP contribution in [0.1, 0.15) is 26.1 Å². The molecule has 1 aromatic rings. The van der Waals surface area contributed by atoms with Crippen LogP contribution in [0.15, 0.2) is 6.33 Å². The zero-order valence-corrected chi connectivity index (χ0v) is 10.8. The molecule has 98 valence electrons. The van der Waals surface area contributed by atoms with E-state index in [0.29, 0.717) is 19.8 Å². The monoisotopic (exact) mass is 242 g/mol. The van der Waals surface area contributed by atoms with Crippen LogP contribution in [0.4, 0.5) is 0 Å². The lowest BCUT2D eigenvalue weighted by molar-refractivity contribution is -0.138. The first-order valence-corrected chi connectivity index (χ1v) is 6.04. The Morgan fingerprint density at radius 2 is 2.06 bits per heavy atom. The molecule has 0 aromatic carbocycles. The van der Waals surface area contributed by atoms with E-state index in [1.165, 1.54) is 0 Å². The van der Waals surface area contributed by atoms with Crippen molar-refractivity contribution in [1.29, 1.82) is 0 Å². The van der Waals surface area contributed by atoms with E-state index in [-0.39, 0.29) is 6.29 Å². The highest BCUT2D eigenvalue weighted by Gasteiger charge is 2.07. The maximum atomic E-state index is 5.44. The first-order chi connectivity index (χ1) is 8.26. The predicted molar refractivity (Wildman–Crippen MR) is 64.4 cm³/mol. The molecule has 0 radical (unpaired) electrons. The fourth-order valence-corrected chi connectivity index (χ4v) is 1.47. The molecule has 0 aliphatic rings. The van der Waals surface area contributed by atoms with Gasteiger partial charge in [0.25, 0.3) is 0 Å². The van der Waals surface area contributed by atoms with Crippen LogP contribution in [0.3, 0.4) is 0 Å². The van der Waals surface area contributed by atoms with E-state index in [9.17, 15) is 0 Å². The molecule has 1 rings (SSSR count). The highest BCUT2D eigenvalue weighted by atomic mass is 16.7. The lowest BCUT2D eigenvalue weighted by Crippen LogP contribution is -2.25. The first kappa shape index (κ1) is 14.1. The van der Waals surface area contributed by atoms with Gasteiger partial charge in [0.15, 0.2) is 12.1 Å². The van der Waals surface area contributed by atoms with Gasteiger partial charge >= 0.3 is 0 Å². The third-order valence-corrected chi connectivity index (χ3v) is 2.19. The second-order valence-corrected chi connectivity index (χ2v) is 3.64. The molecule has 0 saturated heterocycles. The second kappa shape index (κ2) is 8.16. The van der Waals surface area contributed by atoms with E-state index < -0.39 is 0 Å². The number of nitrogens with one attached hydrogen (secondary N) is 1. The van der Waals surface area contributed by atoms with Gasteiger partial charge in [0.05, 0.1) is 6.54 Å². The van der Waals surface area contributed by atoms with Crippen molar-refractivity contribution in [2.75, 3.05) is 19.8 Å². The molecule has 1 heterocycles. The smallest absolute Gasteiger partial charge is 0.164 e. The van der Waals surface area contributed by atoms with Gasteiger partial charge in [-0.15, -0.1) is 0 Å². The minimum atomic E-state index is -0.116. The zero-order valence-electron chi connectivity index (χ0n) is 10.8. The summed E-state index contributed by atoms with van der Waals surface area (Å²) in [4.78, 5) is 4.13. The fraction of sp³-hybridized carbons (Fsp3) is 0.818. The maximum absolute atomic E-state index is 5.44. The molecule has 0 bridgehead atoms. The number of hydrogen-bond donors (Lipinski definition) is 1. The number of rotatable bonds is 9. The molecule has 0 aliphatic heterocycles. The van der Waals surface area contributed by atoms with Crippen molar-refractivity contribution in [2.24, 2.45) is 7.05 Å². The summed E-state index contributed by atoms with van der Waals surface area (Å²) in [5, 5.41) is 7.44. The summed E-state index contributed by atoms with van der Waals surface area (Å²) in [7, 11) is 1.86. The van der Waals surface area contributed by atoms with E-state index in [2.05, 4.69) is 15.4 Å². The summed E-state index contributed by atoms with van der Waals surface area (Å²) >= 11 is 0. The lowest BCUT2D eigenvalue weighted by Gasteiger charge is -2.16. The predicted octanol–water partition coefficient (Wildman–Crippen LogP) is 0.694. The van der Waals surface area contributed by atoms with Crippen LogP contribution >= 0.6 is 0 Å². The molecule has 6 heteroatoms. The third-order valence-electron chi connectivity index (χ3n) is 2.19. The highest BCUT2D eigenvalue weighted by Crippen LogP contribution is 2.00. The van der Waals surface area contributed by atoms with Crippen molar-refractivity contribution < 1.29 is 9.47 Å². The molecule has 0 saturated carbocycles. The van der Waals surface area contributed by atoms with E-state index in [1.807, 2.05) is 20.9 Å². The van der Waals surface area contributed by atoms with Gasteiger partial charge in [-0.25, -0.2) is 4.98 Å². The maximum Gasteiger partial charge on any atom is 0.164 e. The molecule has 0 aliphatic carbocycles. The second-order valence-electron chi connectivity index (χ2n) is 3.64. The third kappa shape index (κ3) is 5.76. The largest absolute Gasteiger partial charge is 0.353 e. The Bertz CT molecular complexity index is 297. The Hall–Kier alpha value is -0.980. The normalized spacial score (nSPS) is 11.3. The summed E-state index contributed by atoms with van der Waals surface area (Å²) in [6.07, 6.45) is 2.41. The molecule has 17 heavy (non-hydrogen) atoms. The average molecular weight is 242 g/mol. The van der Waals surface area contributed by atoms with Gasteiger partial charge in [-0.3, -0.25) is 4.68 Å². The van der Waals surface area contributed by atoms with Crippen molar-refractivity contribution in [3.05, 3.63) is 12.2 Å². The van der Waals surface area contributed by atoms with Crippen LogP contribution in [0.5, 0.6) is 0 Å². The first-order valence-electron chi connectivity index (χ1n) is 6.04. The van der Waals surface area contributed by atoms with Crippen LogP contribution in [0.2, 0.25) is 0 Å². The Morgan fingerprint density at radius 3 is 2.59 bits per heavy atom. The molecule has 6 nitrogen and oxygen atoms in total. The summed E-state index contributed by atoms with van der Waals surface area (Å²) in [6, 6.07) is 0. The number of nitrogens with zero attached hydrogens (tertiary/aromatic N) is 3. The molecular formula is C11H22N4O2. The fourth-order valence-electron chi connectivity index (χ4n) is 1.47. The SMILES string of the molecule is CCOC(CCNCc1ncn(C)n1)OCC. The zero-order chi connectivity index (χ0) is 12.5. The van der Waals surface area contributed by atoms with Gasteiger partial charge in [0.2, 0.25) is 0 Å². The van der Waals surface area contributed by atoms with Crippen molar-refractivity contribution >= 4 is 0 Å². The number of aromatic nitrogens is 3. The van der Waals surface area contributed by atoms with Crippen molar-refractivity contribution in [3.8, 4) is 0 Å². The molecule has 1 N–H and O–H groups in total. The average Bonchev–Trinajstić information content (AvgIpc) is 2.71. The van der Waals surface area contributed by atoms with Gasteiger partial charge < -0.3 is 14.8 Å².